The molecule has 634 valence electrons. The minimum atomic E-state index is -1.33. The maximum atomic E-state index is 12.2. The summed E-state index contributed by atoms with van der Waals surface area (Å²) in [5.74, 6) is 7.80. The lowest BCUT2D eigenvalue weighted by Gasteiger charge is -2.48. The average Bonchev–Trinajstić information content (AvgIpc) is 1.62. The molecule has 61 heteroatoms. The summed E-state index contributed by atoms with van der Waals surface area (Å²) in [6.07, 6.45) is 12.8. The maximum absolute atomic E-state index is 12.2. The number of piperazine rings is 3. The summed E-state index contributed by atoms with van der Waals surface area (Å²) in [7, 11) is 75.2. The van der Waals surface area contributed by atoms with Crippen molar-refractivity contribution in [3.05, 3.63) is 74.1 Å². The summed E-state index contributed by atoms with van der Waals surface area (Å²) in [5.41, 5.74) is 7.78. The van der Waals surface area contributed by atoms with Gasteiger partial charge >= 0.3 is 6.09 Å². The highest BCUT2D eigenvalue weighted by Gasteiger charge is 2.46. The summed E-state index contributed by atoms with van der Waals surface area (Å²) in [6, 6.07) is 15.4. The number of halogens is 3. The van der Waals surface area contributed by atoms with Crippen LogP contribution in [-0.2, 0) is 414 Å². The van der Waals surface area contributed by atoms with Crippen LogP contribution in [0.3, 0.4) is 0 Å². The molecular weight excluding hydrogens is 2440 g/mol. The third kappa shape index (κ3) is 48.1. The first-order chi connectivity index (χ1) is 53.7. The van der Waals surface area contributed by atoms with Crippen LogP contribution < -0.4 is 20.4 Å². The Labute approximate surface area is 810 Å². The number of fused-ring (bicyclic) bond motifs is 6. The molecule has 0 saturated carbocycles. The van der Waals surface area contributed by atoms with Crippen molar-refractivity contribution in [3.8, 4) is 23.8 Å². The minimum absolute atomic E-state index is 0. The Balaban J connectivity index is 0.000000276. The molecule has 3 aromatic heterocycles. The van der Waals surface area contributed by atoms with E-state index in [-0.39, 0.29) is 24.1 Å². The molecule has 0 aromatic carbocycles. The second-order valence-corrected chi connectivity index (χ2v) is 106. The van der Waals surface area contributed by atoms with Crippen molar-refractivity contribution >= 4 is 465 Å². The molecule has 112 heavy (non-hydrogen) atoms. The van der Waals surface area contributed by atoms with Gasteiger partial charge in [0, 0.05) is 494 Å². The topological polar surface area (TPSA) is 111 Å². The van der Waals surface area contributed by atoms with E-state index in [4.69, 9.17) is 48.2 Å². The van der Waals surface area contributed by atoms with Crippen molar-refractivity contribution in [2.45, 2.75) is 148 Å². The molecule has 0 radical (unpaired) electrons. The van der Waals surface area contributed by atoms with Gasteiger partial charge in [-0.15, -0.1) is 24.4 Å². The van der Waals surface area contributed by atoms with Crippen LogP contribution >= 0.6 is 35.0 Å². The molecule has 6 unspecified atom stereocenters. The van der Waals surface area contributed by atoms with Gasteiger partial charge in [0.25, 0.3) is 0 Å². The Morgan fingerprint density at radius 1 is 0.509 bits per heavy atom. The largest absolute Gasteiger partial charge is 0.444 e. The number of nitrogens with zero attached hydrogens (tertiary/aromatic N) is 7. The minimum Gasteiger partial charge on any atom is -0.444 e. The number of terminal acetylenes is 1. The van der Waals surface area contributed by atoms with E-state index >= 15 is 0 Å². The Morgan fingerprint density at radius 3 is 1.16 bits per heavy atom. The predicted molar refractivity (Wildman–Crippen MR) is 612 cm³/mol. The molecule has 0 aliphatic carbocycles. The summed E-state index contributed by atoms with van der Waals surface area (Å²) in [6.45, 7) is 26.4. The molecule has 10 rings (SSSR count). The molecule has 7 aliphatic rings. The first-order valence-electron chi connectivity index (χ1n) is 31.2. The third-order valence-electron chi connectivity index (χ3n) is 14.5. The SMILES string of the molecule is C#Cc1ccc(N2CC3CCC(C2)N3C2COC2)nc1C.CC(C)(C)OC(=O)N1C2CCC1CNC2.Cc1nc(F)ccc1I.Cc1nc(N2CC3CCC(C2)N3)ccc1C#C[Si](C)(C)C.Cl.S=S=S=S=S=S=S=S=S=S=S=S=S=S=S=S=S=S=S=S=S=S=S=S=S=S=S=S=S=S=S=S=S=S=S=S=S=S=S=S=S=S=S=S=S. The van der Waals surface area contributed by atoms with Gasteiger partial charge in [-0.1, -0.05) is 31.5 Å². The van der Waals surface area contributed by atoms with Crippen LogP contribution in [0.4, 0.5) is 20.8 Å². The average molecular weight is 2510 g/mol. The van der Waals surface area contributed by atoms with Crippen LogP contribution in [0.1, 0.15) is 87.5 Å². The van der Waals surface area contributed by atoms with Crippen LogP contribution in [0, 0.1) is 54.1 Å². The quantitative estimate of drug-likeness (QED) is 0.115. The summed E-state index contributed by atoms with van der Waals surface area (Å²) in [4.78, 5) is 34.6. The Morgan fingerprint density at radius 2 is 0.857 bits per heavy atom. The van der Waals surface area contributed by atoms with Crippen molar-refractivity contribution in [3.63, 3.8) is 0 Å². The van der Waals surface area contributed by atoms with Gasteiger partial charge in [-0.3, -0.25) is 9.80 Å². The lowest BCUT2D eigenvalue weighted by molar-refractivity contribution is -0.0850. The predicted octanol–water partition coefficient (Wildman–Crippen LogP) is 7.79. The van der Waals surface area contributed by atoms with E-state index in [1.54, 1.807) is 120 Å². The van der Waals surface area contributed by atoms with Crippen LogP contribution in [0.25, 0.3) is 0 Å². The van der Waals surface area contributed by atoms with E-state index in [1.165, 1.54) is 49.5 Å². The first kappa shape index (κ1) is 109. The second kappa shape index (κ2) is 66.7. The number of pyridine rings is 3. The molecular formula is C51H72ClFIN9O3S45Si. The third-order valence-corrected chi connectivity index (χ3v) is 110. The van der Waals surface area contributed by atoms with Crippen LogP contribution in [0.5, 0.6) is 0 Å². The number of carbonyl (C=O) groups excluding carboxylic acids is 1. The number of nitrogens with one attached hydrogen (secondary N) is 2. The number of aromatic nitrogens is 3. The molecule has 6 atom stereocenters. The first-order valence-corrected chi connectivity index (χ1v) is 94.5. The summed E-state index contributed by atoms with van der Waals surface area (Å²) >= 11 is 11.7. The smallest absolute Gasteiger partial charge is 0.410 e. The molecule has 2 N–H and O–H groups in total. The van der Waals surface area contributed by atoms with Crippen LogP contribution in [0.15, 0.2) is 36.4 Å². The maximum Gasteiger partial charge on any atom is 0.410 e. The monoisotopic (exact) mass is 2510 g/mol. The summed E-state index contributed by atoms with van der Waals surface area (Å²) in [5, 5.41) is 7.01. The molecule has 1 amide bonds. The fourth-order valence-electron chi connectivity index (χ4n) is 10.5. The van der Waals surface area contributed by atoms with Crippen molar-refractivity contribution < 1.29 is 18.7 Å². The molecule has 0 spiro atoms. The van der Waals surface area contributed by atoms with Gasteiger partial charge in [0.05, 0.1) is 36.3 Å². The number of aryl methyl sites for hydroxylation is 3. The van der Waals surface area contributed by atoms with Crippen molar-refractivity contribution in [1.29, 1.82) is 0 Å². The number of amides is 1. The molecule has 6 bridgehead atoms. The highest BCUT2D eigenvalue weighted by molar-refractivity contribution is 14.1. The van der Waals surface area contributed by atoms with E-state index in [0.717, 1.165) is 109 Å². The van der Waals surface area contributed by atoms with Gasteiger partial charge in [-0.25, -0.2) is 19.7 Å². The number of anilines is 2. The molecule has 10 heterocycles. The highest BCUT2D eigenvalue weighted by atomic mass is 127. The highest BCUT2D eigenvalue weighted by Crippen LogP contribution is 2.36. The molecule has 7 saturated heterocycles. The fourth-order valence-corrected chi connectivity index (χ4v) is 124. The lowest BCUT2D eigenvalue weighted by atomic mass is 10.1. The zero-order valence-corrected chi connectivity index (χ0v) is 100. The molecule has 7 aliphatic heterocycles. The van der Waals surface area contributed by atoms with Gasteiger partial charge in [-0.2, -0.15) is 4.39 Å². The number of rotatable bonds is 3. The Bertz CT molecular complexity index is 5890. The standard InChI is InChI=1S/C17H21N3O.C17H25N3Si.C11H20N2O2.C6H5FIN.ClH.S45/c1-3-13-4-7-17(18-12(13)2)19-8-14-5-6-15(9-19)20(14)16-10-21-11-16;1-13-14(9-10-21(2,3)4)5-8-17(18-13)20-11-15-6-7-16(12-20)19-15;1-11(2,3)15-10(14)13-8-4-5-9(13)7-12-6-8;1-4-5(8)2-3-6(7)9-4;;1-3-5-7-9-11-13-15-17-19-21-23-25-27-29-31-33-35-37-39-41-43-45-44-42-40-38-36-34-32-30-28-26-24-22-20-18-16-14-12-10-8-6-4-2/h1,4,7,14-16H,5-6,8-11H2,2H3;5,8,15-16,19H,6-7,11-12H2,1-4H3;8-9,12H,4-7H2,1-3H3;2-3H,1H3;1H;. The van der Waals surface area contributed by atoms with Crippen molar-refractivity contribution in [1.82, 2.24) is 35.4 Å². The molecule has 7 fully saturated rings. The summed E-state index contributed by atoms with van der Waals surface area (Å²) < 4.78 is 24.0. The van der Waals surface area contributed by atoms with Crippen molar-refractivity contribution in [2.24, 2.45) is 0 Å². The Hall–Kier alpha value is 6.35. The lowest BCUT2D eigenvalue weighted by Crippen LogP contribution is -2.62. The zero-order chi connectivity index (χ0) is 79.7. The van der Waals surface area contributed by atoms with E-state index in [2.05, 4.69) is 115 Å². The van der Waals surface area contributed by atoms with Crippen LogP contribution in [-0.4, -0.2) is 139 Å². The van der Waals surface area contributed by atoms with Crippen LogP contribution in [0.2, 0.25) is 19.6 Å². The van der Waals surface area contributed by atoms with Gasteiger partial charge in [0.2, 0.25) is 5.95 Å². The van der Waals surface area contributed by atoms with Gasteiger partial charge in [0.1, 0.15) is 25.3 Å². The fraction of sp³-hybridized carbons (Fsp3) is 0.608. The number of carbonyl (C=O) groups is 1. The number of hydrogen-bond acceptors (Lipinski definition) is 13. The second-order valence-electron chi connectivity index (χ2n) is 23.8. The van der Waals surface area contributed by atoms with E-state index < -0.39 is 14.0 Å². The molecule has 3 aromatic rings. The number of hydrogen-bond donors (Lipinski definition) is 2. The van der Waals surface area contributed by atoms with Gasteiger partial charge in [-0.05, 0) is 139 Å². The normalized spacial score (nSPS) is 18.1. The van der Waals surface area contributed by atoms with Crippen molar-refractivity contribution in [2.75, 3.05) is 62.3 Å². The van der Waals surface area contributed by atoms with E-state index in [0.29, 0.717) is 42.3 Å². The van der Waals surface area contributed by atoms with E-state index in [1.807, 2.05) is 296 Å². The van der Waals surface area contributed by atoms with Gasteiger partial charge < -0.3 is 29.9 Å². The zero-order valence-electron chi connectivity index (χ0n) is 59.4. The Kier molecular flexibility index (Phi) is 64.8. The number of ether oxygens (including phenoxy) is 2. The van der Waals surface area contributed by atoms with E-state index in [9.17, 15) is 9.18 Å². The van der Waals surface area contributed by atoms with Gasteiger partial charge in [0.15, 0.2) is 0 Å². The molecule has 12 nitrogen and oxygen atoms in total.